The fraction of sp³-hybridized carbons (Fsp3) is 0.545. The summed E-state index contributed by atoms with van der Waals surface area (Å²) in [6.07, 6.45) is 5.65. The van der Waals surface area contributed by atoms with Crippen LogP contribution in [-0.2, 0) is 16.0 Å². The number of nitrogens with one attached hydrogen (secondary N) is 1. The first-order chi connectivity index (χ1) is 20.1. The van der Waals surface area contributed by atoms with Crippen molar-refractivity contribution in [2.24, 2.45) is 16.6 Å². The highest BCUT2D eigenvalue weighted by Gasteiger charge is 2.45. The standard InChI is InChI=1S/C33H42N4O5/c1-32(2)16-25-23-14-20(9-11-27(23)42-32)8-6-5-7-13-33(3)17-28(38)37(31(34)36-33)29-22(18-40-4)19-41-26-12-10-21(15-24(26)29)30(39)35-25/h9-12,14-15,22,25,29H,5-8,13,16-19H2,1-4H3,(H2,34,36)(H,35,39)/t22-,25+,29-,33?/m1/s1. The molecule has 2 amide bonds. The van der Waals surface area contributed by atoms with Crippen molar-refractivity contribution < 1.29 is 23.8 Å². The highest BCUT2D eigenvalue weighted by molar-refractivity contribution is 6.00. The van der Waals surface area contributed by atoms with Gasteiger partial charge in [0.05, 0.1) is 37.3 Å². The van der Waals surface area contributed by atoms with Gasteiger partial charge in [-0.15, -0.1) is 0 Å². The third-order valence-corrected chi connectivity index (χ3v) is 9.10. The van der Waals surface area contributed by atoms with Crippen molar-refractivity contribution in [1.29, 1.82) is 0 Å². The topological polar surface area (TPSA) is 115 Å². The summed E-state index contributed by atoms with van der Waals surface area (Å²) in [5.74, 6) is 1.22. The van der Waals surface area contributed by atoms with Gasteiger partial charge >= 0.3 is 0 Å². The average Bonchev–Trinajstić information content (AvgIpc) is 2.92. The Morgan fingerprint density at radius 1 is 1.07 bits per heavy atom. The number of rotatable bonds is 2. The molecule has 0 fully saturated rings. The summed E-state index contributed by atoms with van der Waals surface area (Å²) in [6, 6.07) is 11.1. The summed E-state index contributed by atoms with van der Waals surface area (Å²) in [5, 5.41) is 3.29. The summed E-state index contributed by atoms with van der Waals surface area (Å²) >= 11 is 0. The number of nitrogens with two attached hydrogens (primary N) is 1. The van der Waals surface area contributed by atoms with E-state index in [9.17, 15) is 9.59 Å². The molecule has 2 aromatic carbocycles. The maximum absolute atomic E-state index is 13.8. The molecule has 2 aromatic rings. The first-order valence-electron chi connectivity index (χ1n) is 15.1. The van der Waals surface area contributed by atoms with Crippen LogP contribution in [0.3, 0.4) is 0 Å². The van der Waals surface area contributed by atoms with Gasteiger partial charge in [0.1, 0.15) is 17.1 Å². The molecule has 0 aliphatic carbocycles. The minimum Gasteiger partial charge on any atom is -0.493 e. The Kier molecular flexibility index (Phi) is 7.41. The third-order valence-electron chi connectivity index (χ3n) is 9.10. The Hall–Kier alpha value is -3.59. The number of nitrogens with zero attached hydrogens (tertiary/aromatic N) is 2. The number of ether oxygens (including phenoxy) is 3. The fourth-order valence-electron chi connectivity index (χ4n) is 7.09. The van der Waals surface area contributed by atoms with E-state index in [1.54, 1.807) is 18.1 Å². The van der Waals surface area contributed by atoms with Gasteiger partial charge in [0.15, 0.2) is 5.96 Å². The molecule has 0 spiro atoms. The highest BCUT2D eigenvalue weighted by Crippen LogP contribution is 2.44. The van der Waals surface area contributed by atoms with Gasteiger partial charge in [-0.3, -0.25) is 14.5 Å². The van der Waals surface area contributed by atoms with E-state index in [-0.39, 0.29) is 36.2 Å². The van der Waals surface area contributed by atoms with Crippen LogP contribution in [0.2, 0.25) is 0 Å². The van der Waals surface area contributed by atoms with Crippen LogP contribution >= 0.6 is 0 Å². The number of benzene rings is 2. The normalized spacial score (nSPS) is 28.8. The van der Waals surface area contributed by atoms with Gasteiger partial charge in [0.25, 0.3) is 5.91 Å². The van der Waals surface area contributed by atoms with Crippen LogP contribution in [0.1, 0.15) is 98.4 Å². The molecule has 0 saturated carbocycles. The predicted molar refractivity (Wildman–Crippen MR) is 160 cm³/mol. The lowest BCUT2D eigenvalue weighted by molar-refractivity contribution is -0.133. The molecule has 5 aliphatic heterocycles. The fourth-order valence-corrected chi connectivity index (χ4v) is 7.09. The van der Waals surface area contributed by atoms with Gasteiger partial charge in [-0.2, -0.15) is 0 Å². The molecule has 6 bridgehead atoms. The molecule has 7 rings (SSSR count). The molecule has 224 valence electrons. The summed E-state index contributed by atoms with van der Waals surface area (Å²) in [7, 11) is 1.63. The number of guanidine groups is 1. The number of hydrogen-bond donors (Lipinski definition) is 2. The quantitative estimate of drug-likeness (QED) is 0.531. The molecule has 9 heteroatoms. The largest absolute Gasteiger partial charge is 0.493 e. The smallest absolute Gasteiger partial charge is 0.251 e. The molecule has 3 N–H and O–H groups in total. The molecule has 9 nitrogen and oxygen atoms in total. The van der Waals surface area contributed by atoms with Crippen molar-refractivity contribution in [1.82, 2.24) is 10.2 Å². The van der Waals surface area contributed by atoms with E-state index < -0.39 is 17.2 Å². The second-order valence-corrected chi connectivity index (χ2v) is 13.2. The van der Waals surface area contributed by atoms with Crippen molar-refractivity contribution in [3.8, 4) is 11.5 Å². The summed E-state index contributed by atoms with van der Waals surface area (Å²) in [5.41, 5.74) is 9.09. The van der Waals surface area contributed by atoms with Crippen LogP contribution in [0, 0.1) is 5.92 Å². The minimum atomic E-state index is -0.545. The van der Waals surface area contributed by atoms with Crippen LogP contribution in [0.5, 0.6) is 11.5 Å². The van der Waals surface area contributed by atoms with Crippen LogP contribution in [0.15, 0.2) is 41.4 Å². The molecule has 0 radical (unpaired) electrons. The van der Waals surface area contributed by atoms with E-state index >= 15 is 0 Å². The van der Waals surface area contributed by atoms with Crippen LogP contribution in [-0.4, -0.2) is 54.1 Å². The average molecular weight is 575 g/mol. The number of aliphatic imine (C=N–C) groups is 1. The molecule has 0 saturated heterocycles. The number of hydrogen-bond acceptors (Lipinski definition) is 7. The lowest BCUT2D eigenvalue weighted by Gasteiger charge is -2.44. The van der Waals surface area contributed by atoms with E-state index in [0.717, 1.165) is 49.0 Å². The monoisotopic (exact) mass is 574 g/mol. The summed E-state index contributed by atoms with van der Waals surface area (Å²) in [4.78, 5) is 34.2. The number of aryl methyl sites for hydroxylation is 1. The molecule has 5 aliphatic rings. The van der Waals surface area contributed by atoms with E-state index in [4.69, 9.17) is 24.9 Å². The lowest BCUT2D eigenvalue weighted by Crippen LogP contribution is -2.55. The minimum absolute atomic E-state index is 0.0651. The molecular weight excluding hydrogens is 532 g/mol. The van der Waals surface area contributed by atoms with Crippen molar-refractivity contribution >= 4 is 17.8 Å². The zero-order chi connectivity index (χ0) is 29.6. The first kappa shape index (κ1) is 28.5. The maximum atomic E-state index is 13.8. The number of methoxy groups -OCH3 is 1. The van der Waals surface area contributed by atoms with Gasteiger partial charge in [-0.05, 0) is 69.9 Å². The van der Waals surface area contributed by atoms with E-state index in [0.29, 0.717) is 30.9 Å². The van der Waals surface area contributed by atoms with E-state index in [1.165, 1.54) is 5.56 Å². The molecule has 5 heterocycles. The Bertz CT molecular complexity index is 1420. The third kappa shape index (κ3) is 5.46. The van der Waals surface area contributed by atoms with Crippen molar-refractivity contribution in [3.05, 3.63) is 58.7 Å². The van der Waals surface area contributed by atoms with Crippen LogP contribution < -0.4 is 20.5 Å². The Balaban J connectivity index is 1.44. The lowest BCUT2D eigenvalue weighted by atomic mass is 9.85. The molecular formula is C33H42N4O5. The number of carbonyl (C=O) groups is 2. The Labute approximate surface area is 247 Å². The van der Waals surface area contributed by atoms with Gasteiger partial charge in [-0.25, -0.2) is 4.99 Å². The Morgan fingerprint density at radius 2 is 1.88 bits per heavy atom. The first-order valence-corrected chi connectivity index (χ1v) is 15.1. The van der Waals surface area contributed by atoms with Crippen molar-refractivity contribution in [3.63, 3.8) is 0 Å². The number of amides is 2. The zero-order valence-corrected chi connectivity index (χ0v) is 25.1. The maximum Gasteiger partial charge on any atom is 0.251 e. The zero-order valence-electron chi connectivity index (χ0n) is 25.1. The summed E-state index contributed by atoms with van der Waals surface area (Å²) in [6.45, 7) is 6.85. The second-order valence-electron chi connectivity index (χ2n) is 13.2. The highest BCUT2D eigenvalue weighted by atomic mass is 16.5. The number of carbonyl (C=O) groups excluding carboxylic acids is 2. The van der Waals surface area contributed by atoms with E-state index in [1.807, 2.05) is 39.0 Å². The molecule has 1 unspecified atom stereocenters. The molecule has 42 heavy (non-hydrogen) atoms. The molecule has 0 aromatic heterocycles. The van der Waals surface area contributed by atoms with Crippen LogP contribution in [0.4, 0.5) is 0 Å². The Morgan fingerprint density at radius 3 is 2.67 bits per heavy atom. The second kappa shape index (κ2) is 10.9. The van der Waals surface area contributed by atoms with Crippen molar-refractivity contribution in [2.75, 3.05) is 20.3 Å². The van der Waals surface area contributed by atoms with Gasteiger partial charge in [0, 0.05) is 36.1 Å². The van der Waals surface area contributed by atoms with Gasteiger partial charge < -0.3 is 25.3 Å². The van der Waals surface area contributed by atoms with E-state index in [2.05, 4.69) is 17.4 Å². The van der Waals surface area contributed by atoms with Gasteiger partial charge in [0.2, 0.25) is 5.91 Å². The number of fused-ring (bicyclic) bond motifs is 6. The van der Waals surface area contributed by atoms with Gasteiger partial charge in [-0.1, -0.05) is 25.0 Å². The molecule has 4 atom stereocenters. The van der Waals surface area contributed by atoms with Crippen molar-refractivity contribution in [2.45, 2.75) is 88.9 Å². The SMILES string of the molecule is COC[C@@H]1COc2ccc3cc2[C@@H]1N1C(=O)CC(C)(CCCCCc2ccc4c(c2)[C@H](CC(C)(C)O4)NC3=O)N=C1N. The summed E-state index contributed by atoms with van der Waals surface area (Å²) < 4.78 is 18.0. The van der Waals surface area contributed by atoms with Crippen LogP contribution in [0.25, 0.3) is 0 Å². The predicted octanol–water partition coefficient (Wildman–Crippen LogP) is 4.84.